The lowest BCUT2D eigenvalue weighted by atomic mass is 10.2. The molecule has 0 aromatic heterocycles. The molecule has 0 radical (unpaired) electrons. The van der Waals surface area contributed by atoms with Crippen LogP contribution in [-0.4, -0.2) is 32.9 Å². The van der Waals surface area contributed by atoms with E-state index >= 15 is 0 Å². The van der Waals surface area contributed by atoms with Crippen molar-refractivity contribution < 1.29 is 13.2 Å². The van der Waals surface area contributed by atoms with Gasteiger partial charge in [-0.3, -0.25) is 0 Å². The molecule has 0 aliphatic carbocycles. The van der Waals surface area contributed by atoms with Crippen molar-refractivity contribution >= 4 is 10.0 Å². The Labute approximate surface area is 97.8 Å². The summed E-state index contributed by atoms with van der Waals surface area (Å²) in [6.45, 7) is 2.58. The molecule has 2 atom stereocenters. The van der Waals surface area contributed by atoms with Gasteiger partial charge in [0.1, 0.15) is 0 Å². The molecule has 0 aromatic rings. The summed E-state index contributed by atoms with van der Waals surface area (Å²) in [5.74, 6) is 2.53. The minimum absolute atomic E-state index is 0.0497. The van der Waals surface area contributed by atoms with Gasteiger partial charge >= 0.3 is 0 Å². The van der Waals surface area contributed by atoms with E-state index in [0.717, 1.165) is 12.8 Å². The maximum absolute atomic E-state index is 11.8. The standard InChI is InChI=1S/C11H19NO3S/c1-3-6-10(4-2)12-16(13,14)9-11-7-5-8-15-11/h1,10-12H,4-9H2,2H3. The molecule has 0 saturated carbocycles. The second-order valence-corrected chi connectivity index (χ2v) is 5.85. The molecule has 0 amide bonds. The number of ether oxygens (including phenoxy) is 1. The van der Waals surface area contributed by atoms with Gasteiger partial charge in [-0.15, -0.1) is 12.3 Å². The van der Waals surface area contributed by atoms with Crippen LogP contribution >= 0.6 is 0 Å². The first-order valence-electron chi connectivity index (χ1n) is 5.62. The van der Waals surface area contributed by atoms with Crippen LogP contribution in [0.2, 0.25) is 0 Å². The SMILES string of the molecule is C#CCC(CC)NS(=O)(=O)CC1CCCO1. The van der Waals surface area contributed by atoms with Crippen molar-refractivity contribution in [3.63, 3.8) is 0 Å². The fourth-order valence-electron chi connectivity index (χ4n) is 1.73. The molecule has 1 rings (SSSR count). The molecule has 0 aromatic carbocycles. The van der Waals surface area contributed by atoms with Gasteiger partial charge in [-0.1, -0.05) is 6.92 Å². The molecule has 5 heteroatoms. The van der Waals surface area contributed by atoms with Crippen LogP contribution in [0.1, 0.15) is 32.6 Å². The van der Waals surface area contributed by atoms with Crippen LogP contribution < -0.4 is 4.72 Å². The molecule has 1 fully saturated rings. The second-order valence-electron chi connectivity index (χ2n) is 4.05. The third-order valence-corrected chi connectivity index (χ3v) is 4.14. The molecular formula is C11H19NO3S. The van der Waals surface area contributed by atoms with Gasteiger partial charge in [0.25, 0.3) is 0 Å². The Morgan fingerprint density at radius 3 is 2.88 bits per heavy atom. The molecule has 1 aliphatic heterocycles. The average molecular weight is 245 g/mol. The van der Waals surface area contributed by atoms with Crippen molar-refractivity contribution in [3.05, 3.63) is 0 Å². The lowest BCUT2D eigenvalue weighted by Gasteiger charge is -2.16. The average Bonchev–Trinajstić information content (AvgIpc) is 2.68. The van der Waals surface area contributed by atoms with Crippen LogP contribution in [0.5, 0.6) is 0 Å². The molecule has 1 N–H and O–H groups in total. The van der Waals surface area contributed by atoms with E-state index in [4.69, 9.17) is 11.2 Å². The van der Waals surface area contributed by atoms with Gasteiger partial charge < -0.3 is 4.74 Å². The highest BCUT2D eigenvalue weighted by Gasteiger charge is 2.24. The molecule has 0 spiro atoms. The van der Waals surface area contributed by atoms with E-state index in [-0.39, 0.29) is 17.9 Å². The number of nitrogens with one attached hydrogen (secondary N) is 1. The highest BCUT2D eigenvalue weighted by atomic mass is 32.2. The zero-order valence-corrected chi connectivity index (χ0v) is 10.4. The Balaban J connectivity index is 2.46. The van der Waals surface area contributed by atoms with Crippen molar-refractivity contribution in [1.82, 2.24) is 4.72 Å². The minimum Gasteiger partial charge on any atom is -0.377 e. The van der Waals surface area contributed by atoms with Crippen molar-refractivity contribution in [2.45, 2.75) is 44.8 Å². The lowest BCUT2D eigenvalue weighted by Crippen LogP contribution is -2.38. The lowest BCUT2D eigenvalue weighted by molar-refractivity contribution is 0.127. The summed E-state index contributed by atoms with van der Waals surface area (Å²) in [5.41, 5.74) is 0. The highest BCUT2D eigenvalue weighted by molar-refractivity contribution is 7.89. The summed E-state index contributed by atoms with van der Waals surface area (Å²) in [6, 6.07) is -0.156. The molecule has 4 nitrogen and oxygen atoms in total. The van der Waals surface area contributed by atoms with Gasteiger partial charge in [0.2, 0.25) is 10.0 Å². The quantitative estimate of drug-likeness (QED) is 0.707. The number of terminal acetylenes is 1. The zero-order valence-electron chi connectivity index (χ0n) is 9.61. The molecule has 1 saturated heterocycles. The van der Waals surface area contributed by atoms with E-state index in [0.29, 0.717) is 19.4 Å². The van der Waals surface area contributed by atoms with Crippen molar-refractivity contribution in [3.8, 4) is 12.3 Å². The maximum atomic E-state index is 11.8. The van der Waals surface area contributed by atoms with Crippen LogP contribution in [0.4, 0.5) is 0 Å². The molecule has 1 heterocycles. The van der Waals surface area contributed by atoms with Gasteiger partial charge in [0, 0.05) is 19.1 Å². The number of hydrogen-bond acceptors (Lipinski definition) is 3. The summed E-state index contributed by atoms with van der Waals surface area (Å²) < 4.78 is 31.5. The molecule has 92 valence electrons. The van der Waals surface area contributed by atoms with Gasteiger partial charge in [-0.05, 0) is 19.3 Å². The van der Waals surface area contributed by atoms with Crippen LogP contribution in [0, 0.1) is 12.3 Å². The van der Waals surface area contributed by atoms with E-state index in [1.54, 1.807) is 0 Å². The van der Waals surface area contributed by atoms with Gasteiger partial charge in [0.05, 0.1) is 11.9 Å². The Hall–Kier alpha value is -0.570. The predicted octanol–water partition coefficient (Wildman–Crippen LogP) is 0.887. The normalized spacial score (nSPS) is 22.9. The molecule has 16 heavy (non-hydrogen) atoms. The zero-order chi connectivity index (χ0) is 12.0. The van der Waals surface area contributed by atoms with Gasteiger partial charge in [-0.2, -0.15) is 0 Å². The van der Waals surface area contributed by atoms with Gasteiger partial charge in [0.15, 0.2) is 0 Å². The predicted molar refractivity (Wildman–Crippen MR) is 63.4 cm³/mol. The topological polar surface area (TPSA) is 55.4 Å². The largest absolute Gasteiger partial charge is 0.377 e. The smallest absolute Gasteiger partial charge is 0.214 e. The fourth-order valence-corrected chi connectivity index (χ4v) is 3.34. The Morgan fingerprint density at radius 1 is 1.62 bits per heavy atom. The summed E-state index contributed by atoms with van der Waals surface area (Å²) in [5, 5.41) is 0. The number of rotatable bonds is 6. The van der Waals surface area contributed by atoms with Crippen LogP contribution in [0.15, 0.2) is 0 Å². The van der Waals surface area contributed by atoms with Crippen molar-refractivity contribution in [2.24, 2.45) is 0 Å². The van der Waals surface area contributed by atoms with E-state index in [1.807, 2.05) is 6.92 Å². The van der Waals surface area contributed by atoms with Crippen molar-refractivity contribution in [1.29, 1.82) is 0 Å². The monoisotopic (exact) mass is 245 g/mol. The van der Waals surface area contributed by atoms with E-state index in [2.05, 4.69) is 10.6 Å². The van der Waals surface area contributed by atoms with Gasteiger partial charge in [-0.25, -0.2) is 13.1 Å². The van der Waals surface area contributed by atoms with Crippen molar-refractivity contribution in [2.75, 3.05) is 12.4 Å². The Kier molecular flexibility index (Phi) is 5.26. The third-order valence-electron chi connectivity index (χ3n) is 2.63. The molecule has 0 bridgehead atoms. The summed E-state index contributed by atoms with van der Waals surface area (Å²) in [4.78, 5) is 0. The van der Waals surface area contributed by atoms with Crippen LogP contribution in [0.3, 0.4) is 0 Å². The van der Waals surface area contributed by atoms with E-state index in [9.17, 15) is 8.42 Å². The van der Waals surface area contributed by atoms with Crippen LogP contribution in [-0.2, 0) is 14.8 Å². The Morgan fingerprint density at radius 2 is 2.38 bits per heavy atom. The molecule has 2 unspecified atom stereocenters. The number of hydrogen-bond donors (Lipinski definition) is 1. The van der Waals surface area contributed by atoms with E-state index in [1.165, 1.54) is 0 Å². The third kappa shape index (κ3) is 4.52. The number of sulfonamides is 1. The summed E-state index contributed by atoms with van der Waals surface area (Å²) in [6.07, 6.45) is 7.93. The molecule has 1 aliphatic rings. The van der Waals surface area contributed by atoms with Crippen LogP contribution in [0.25, 0.3) is 0 Å². The first-order chi connectivity index (χ1) is 7.57. The fraction of sp³-hybridized carbons (Fsp3) is 0.818. The molecular weight excluding hydrogens is 226 g/mol. The minimum atomic E-state index is -3.27. The summed E-state index contributed by atoms with van der Waals surface area (Å²) >= 11 is 0. The second kappa shape index (κ2) is 6.24. The van der Waals surface area contributed by atoms with E-state index < -0.39 is 10.0 Å². The maximum Gasteiger partial charge on any atom is 0.214 e. The first kappa shape index (κ1) is 13.5. The summed E-state index contributed by atoms with van der Waals surface area (Å²) in [7, 11) is -3.27. The highest BCUT2D eigenvalue weighted by Crippen LogP contribution is 2.14. The Bertz CT molecular complexity index is 339. The first-order valence-corrected chi connectivity index (χ1v) is 7.27.